The summed E-state index contributed by atoms with van der Waals surface area (Å²) in [6.45, 7) is 0. The number of aliphatic hydroxyl groups is 1. The van der Waals surface area contributed by atoms with Crippen molar-refractivity contribution in [3.05, 3.63) is 64.3 Å². The van der Waals surface area contributed by atoms with Gasteiger partial charge in [0.1, 0.15) is 11.9 Å². The predicted octanol–water partition coefficient (Wildman–Crippen LogP) is 3.93. The average molecular weight is 400 g/mol. The lowest BCUT2D eigenvalue weighted by Gasteiger charge is -2.13. The molecule has 4 N–H and O–H groups in total. The fraction of sp³-hybridized carbons (Fsp3) is 0.211. The van der Waals surface area contributed by atoms with Gasteiger partial charge < -0.3 is 15.4 Å². The lowest BCUT2D eigenvalue weighted by Crippen LogP contribution is -2.22. The van der Waals surface area contributed by atoms with Gasteiger partial charge in [-0.05, 0) is 54.8 Å². The molecule has 6 heteroatoms. The molecule has 5 nitrogen and oxygen atoms in total. The van der Waals surface area contributed by atoms with Gasteiger partial charge >= 0.3 is 0 Å². The molecule has 3 aromatic rings. The maximum absolute atomic E-state index is 12.4. The lowest BCUT2D eigenvalue weighted by molar-refractivity contribution is 0.102. The van der Waals surface area contributed by atoms with Gasteiger partial charge in [0, 0.05) is 27.1 Å². The van der Waals surface area contributed by atoms with E-state index in [1.54, 1.807) is 12.1 Å². The standard InChI is InChI=1S/C19H18BrN3O2/c20-13-3-8-16-12(9-13)10-17(23-16)19(25)22-14-4-1-11(2-5-14)18(24)21-15-6-7-15/h1-5,8-10,15,18,21,23-24H,6-7H2,(H,22,25). The fourth-order valence-corrected chi connectivity index (χ4v) is 3.12. The van der Waals surface area contributed by atoms with Crippen molar-refractivity contribution in [1.82, 2.24) is 10.3 Å². The first-order valence-corrected chi connectivity index (χ1v) is 9.01. The van der Waals surface area contributed by atoms with Gasteiger partial charge in [-0.1, -0.05) is 28.1 Å². The zero-order chi connectivity index (χ0) is 17.4. The molecule has 1 saturated carbocycles. The van der Waals surface area contributed by atoms with E-state index in [0.717, 1.165) is 33.8 Å². The van der Waals surface area contributed by atoms with Gasteiger partial charge in [-0.2, -0.15) is 0 Å². The van der Waals surface area contributed by atoms with Crippen LogP contribution in [0.15, 0.2) is 53.0 Å². The summed E-state index contributed by atoms with van der Waals surface area (Å²) in [7, 11) is 0. The SMILES string of the molecule is O=C(Nc1ccc(C(O)NC2CC2)cc1)c1cc2cc(Br)ccc2[nH]1. The molecule has 1 fully saturated rings. The van der Waals surface area contributed by atoms with E-state index in [1.807, 2.05) is 36.4 Å². The summed E-state index contributed by atoms with van der Waals surface area (Å²) in [5.74, 6) is -0.197. The largest absolute Gasteiger partial charge is 0.374 e. The minimum atomic E-state index is -0.663. The Morgan fingerprint density at radius 1 is 1.16 bits per heavy atom. The van der Waals surface area contributed by atoms with Crippen molar-refractivity contribution in [1.29, 1.82) is 0 Å². The van der Waals surface area contributed by atoms with Gasteiger partial charge in [0.15, 0.2) is 0 Å². The zero-order valence-corrected chi connectivity index (χ0v) is 15.0. The summed E-state index contributed by atoms with van der Waals surface area (Å²) < 4.78 is 0.972. The molecular formula is C19H18BrN3O2. The number of nitrogens with one attached hydrogen (secondary N) is 3. The number of halogens is 1. The first-order valence-electron chi connectivity index (χ1n) is 8.22. The number of carbonyl (C=O) groups is 1. The highest BCUT2D eigenvalue weighted by atomic mass is 79.9. The number of aliphatic hydroxyl groups excluding tert-OH is 1. The van der Waals surface area contributed by atoms with Crippen LogP contribution in [-0.2, 0) is 0 Å². The fourth-order valence-electron chi connectivity index (χ4n) is 2.74. The molecule has 25 heavy (non-hydrogen) atoms. The molecule has 1 aliphatic rings. The number of fused-ring (bicyclic) bond motifs is 1. The van der Waals surface area contributed by atoms with Crippen molar-refractivity contribution in [2.24, 2.45) is 0 Å². The Labute approximate surface area is 153 Å². The minimum Gasteiger partial charge on any atom is -0.374 e. The van der Waals surface area contributed by atoms with Crippen molar-refractivity contribution < 1.29 is 9.90 Å². The molecule has 1 unspecified atom stereocenters. The second kappa shape index (κ2) is 6.63. The summed E-state index contributed by atoms with van der Waals surface area (Å²) >= 11 is 3.43. The number of hydrogen-bond donors (Lipinski definition) is 4. The molecule has 0 saturated heterocycles. The van der Waals surface area contributed by atoms with Crippen LogP contribution in [0.2, 0.25) is 0 Å². The molecule has 0 radical (unpaired) electrons. The van der Waals surface area contributed by atoms with Crippen LogP contribution in [0.25, 0.3) is 10.9 Å². The summed E-state index contributed by atoms with van der Waals surface area (Å²) in [5.41, 5.74) is 2.90. The van der Waals surface area contributed by atoms with Crippen LogP contribution < -0.4 is 10.6 Å². The summed E-state index contributed by atoms with van der Waals surface area (Å²) in [6.07, 6.45) is 1.57. The van der Waals surface area contributed by atoms with Crippen LogP contribution in [0.4, 0.5) is 5.69 Å². The summed E-state index contributed by atoms with van der Waals surface area (Å²) in [6, 6.07) is 15.3. The molecule has 0 bridgehead atoms. The van der Waals surface area contributed by atoms with Crippen LogP contribution in [0.1, 0.15) is 35.1 Å². The van der Waals surface area contributed by atoms with E-state index in [4.69, 9.17) is 0 Å². The number of H-pyrrole nitrogens is 1. The molecule has 1 amide bonds. The number of carbonyl (C=O) groups excluding carboxylic acids is 1. The third kappa shape index (κ3) is 3.76. The molecule has 1 aliphatic carbocycles. The van der Waals surface area contributed by atoms with Gasteiger partial charge in [0.2, 0.25) is 0 Å². The molecule has 1 aromatic heterocycles. The maximum Gasteiger partial charge on any atom is 0.272 e. The zero-order valence-electron chi connectivity index (χ0n) is 13.4. The number of anilines is 1. The van der Waals surface area contributed by atoms with E-state index in [0.29, 0.717) is 17.4 Å². The van der Waals surface area contributed by atoms with Crippen LogP contribution in [-0.4, -0.2) is 22.0 Å². The van der Waals surface area contributed by atoms with Gasteiger partial charge in [0.05, 0.1) is 0 Å². The van der Waals surface area contributed by atoms with Crippen molar-refractivity contribution in [2.75, 3.05) is 5.32 Å². The first kappa shape index (κ1) is 16.3. The number of hydrogen-bond acceptors (Lipinski definition) is 3. The molecular weight excluding hydrogens is 382 g/mol. The maximum atomic E-state index is 12.4. The number of aromatic nitrogens is 1. The Morgan fingerprint density at radius 3 is 2.64 bits per heavy atom. The Kier molecular flexibility index (Phi) is 4.33. The van der Waals surface area contributed by atoms with E-state index < -0.39 is 6.23 Å². The lowest BCUT2D eigenvalue weighted by atomic mass is 10.1. The molecule has 2 aromatic carbocycles. The van der Waals surface area contributed by atoms with Crippen LogP contribution in [0.5, 0.6) is 0 Å². The molecule has 128 valence electrons. The van der Waals surface area contributed by atoms with Crippen molar-refractivity contribution in [2.45, 2.75) is 25.1 Å². The van der Waals surface area contributed by atoms with E-state index in [9.17, 15) is 9.90 Å². The van der Waals surface area contributed by atoms with Gasteiger partial charge in [-0.25, -0.2) is 0 Å². The third-order valence-corrected chi connectivity index (χ3v) is 4.78. The van der Waals surface area contributed by atoms with Crippen molar-refractivity contribution in [3.63, 3.8) is 0 Å². The highest BCUT2D eigenvalue weighted by Crippen LogP contribution is 2.24. The number of benzene rings is 2. The monoisotopic (exact) mass is 399 g/mol. The molecule has 4 rings (SSSR count). The molecule has 0 aliphatic heterocycles. The van der Waals surface area contributed by atoms with E-state index in [-0.39, 0.29) is 5.91 Å². The Hall–Kier alpha value is -2.15. The van der Waals surface area contributed by atoms with Gasteiger partial charge in [0.25, 0.3) is 5.91 Å². The summed E-state index contributed by atoms with van der Waals surface area (Å²) in [4.78, 5) is 15.5. The third-order valence-electron chi connectivity index (χ3n) is 4.28. The smallest absolute Gasteiger partial charge is 0.272 e. The van der Waals surface area contributed by atoms with Crippen molar-refractivity contribution in [3.8, 4) is 0 Å². The van der Waals surface area contributed by atoms with Crippen LogP contribution in [0.3, 0.4) is 0 Å². The average Bonchev–Trinajstić information content (AvgIpc) is 3.31. The topological polar surface area (TPSA) is 77.2 Å². The Bertz CT molecular complexity index is 916. The number of aromatic amines is 1. The molecule has 0 spiro atoms. The minimum absolute atomic E-state index is 0.197. The van der Waals surface area contributed by atoms with Gasteiger partial charge in [-0.15, -0.1) is 0 Å². The number of rotatable bonds is 5. The normalized spacial score (nSPS) is 15.3. The van der Waals surface area contributed by atoms with E-state index in [2.05, 4.69) is 31.5 Å². The highest BCUT2D eigenvalue weighted by molar-refractivity contribution is 9.10. The highest BCUT2D eigenvalue weighted by Gasteiger charge is 2.24. The van der Waals surface area contributed by atoms with Crippen LogP contribution in [0, 0.1) is 0 Å². The van der Waals surface area contributed by atoms with Gasteiger partial charge in [-0.3, -0.25) is 10.1 Å². The predicted molar refractivity (Wildman–Crippen MR) is 102 cm³/mol. The van der Waals surface area contributed by atoms with Crippen LogP contribution >= 0.6 is 15.9 Å². The van der Waals surface area contributed by atoms with Crippen molar-refractivity contribution >= 4 is 38.4 Å². The molecule has 1 atom stereocenters. The van der Waals surface area contributed by atoms with E-state index in [1.165, 1.54) is 0 Å². The molecule has 1 heterocycles. The number of amides is 1. The van der Waals surface area contributed by atoms with E-state index >= 15 is 0 Å². The second-order valence-corrected chi connectivity index (χ2v) is 7.25. The second-order valence-electron chi connectivity index (χ2n) is 6.33. The quantitative estimate of drug-likeness (QED) is 0.491. The first-order chi connectivity index (χ1) is 12.1. The Balaban J connectivity index is 1.45. The summed E-state index contributed by atoms with van der Waals surface area (Å²) in [5, 5.41) is 17.1. The Morgan fingerprint density at radius 2 is 1.92 bits per heavy atom.